The normalized spacial score (nSPS) is 25.6. The first-order chi connectivity index (χ1) is 12.7. The van der Waals surface area contributed by atoms with Crippen LogP contribution in [0.3, 0.4) is 0 Å². The maximum Gasteiger partial charge on any atom is 0.251 e. The number of para-hydroxylation sites is 1. The van der Waals surface area contributed by atoms with Crippen molar-refractivity contribution in [1.29, 1.82) is 0 Å². The molecule has 0 amide bonds. The van der Waals surface area contributed by atoms with Gasteiger partial charge in [0.1, 0.15) is 0 Å². The number of nitrogens with zero attached hydrogens (tertiary/aromatic N) is 1. The summed E-state index contributed by atoms with van der Waals surface area (Å²) in [5.41, 5.74) is 2.06. The second-order valence-corrected chi connectivity index (χ2v) is 8.41. The highest BCUT2D eigenvalue weighted by Crippen LogP contribution is 2.34. The van der Waals surface area contributed by atoms with Gasteiger partial charge in [-0.2, -0.15) is 0 Å². The van der Waals surface area contributed by atoms with Gasteiger partial charge < -0.3 is 9.88 Å². The van der Waals surface area contributed by atoms with Crippen LogP contribution < -0.4 is 5.56 Å². The fourth-order valence-corrected chi connectivity index (χ4v) is 5.25. The van der Waals surface area contributed by atoms with E-state index in [1.807, 2.05) is 18.2 Å². The van der Waals surface area contributed by atoms with Gasteiger partial charge in [0.25, 0.3) is 5.56 Å². The van der Waals surface area contributed by atoms with Crippen LogP contribution in [0.2, 0.25) is 0 Å². The lowest BCUT2D eigenvalue weighted by molar-refractivity contribution is 0.105. The Balaban J connectivity index is 1.38. The minimum Gasteiger partial charge on any atom is -0.322 e. The van der Waals surface area contributed by atoms with Crippen molar-refractivity contribution in [2.24, 2.45) is 5.92 Å². The van der Waals surface area contributed by atoms with Crippen molar-refractivity contribution in [3.05, 3.63) is 46.2 Å². The topological polar surface area (TPSA) is 36.1 Å². The molecule has 1 aromatic carbocycles. The minimum atomic E-state index is 0.113. The summed E-state index contributed by atoms with van der Waals surface area (Å²) >= 11 is 0. The number of piperidine rings is 1. The largest absolute Gasteiger partial charge is 0.322 e. The molecule has 2 fully saturated rings. The van der Waals surface area contributed by atoms with Gasteiger partial charge in [0.2, 0.25) is 0 Å². The number of aromatic amines is 1. The molecule has 2 heterocycles. The number of hydrogen-bond acceptors (Lipinski definition) is 2. The average Bonchev–Trinajstić information content (AvgIpc) is 2.68. The molecular formula is C23H32N2O. The number of fused-ring (bicyclic) bond motifs is 1. The molecule has 0 atom stereocenters. The molecule has 1 aromatic heterocycles. The summed E-state index contributed by atoms with van der Waals surface area (Å²) in [5.74, 6) is 1.39. The lowest BCUT2D eigenvalue weighted by Crippen LogP contribution is -2.43. The van der Waals surface area contributed by atoms with E-state index in [0.29, 0.717) is 5.92 Å². The van der Waals surface area contributed by atoms with Crippen molar-refractivity contribution in [1.82, 2.24) is 9.88 Å². The first-order valence-corrected chi connectivity index (χ1v) is 10.6. The van der Waals surface area contributed by atoms with E-state index in [1.165, 1.54) is 38.5 Å². The molecule has 0 bridgehead atoms. The zero-order valence-electron chi connectivity index (χ0n) is 16.0. The number of benzene rings is 1. The lowest BCUT2D eigenvalue weighted by atomic mass is 9.81. The van der Waals surface area contributed by atoms with Gasteiger partial charge in [-0.15, -0.1) is 0 Å². The van der Waals surface area contributed by atoms with Crippen LogP contribution in [0.15, 0.2) is 35.1 Å². The van der Waals surface area contributed by atoms with Gasteiger partial charge in [0.15, 0.2) is 0 Å². The number of rotatable bonds is 4. The minimum absolute atomic E-state index is 0.113. The van der Waals surface area contributed by atoms with Crippen LogP contribution in [0, 0.1) is 5.92 Å². The Morgan fingerprint density at radius 2 is 1.77 bits per heavy atom. The van der Waals surface area contributed by atoms with E-state index in [2.05, 4.69) is 28.9 Å². The van der Waals surface area contributed by atoms with E-state index >= 15 is 0 Å². The molecule has 1 saturated heterocycles. The first-order valence-electron chi connectivity index (χ1n) is 10.6. The number of H-pyrrole nitrogens is 1. The molecule has 2 aliphatic rings. The van der Waals surface area contributed by atoms with Gasteiger partial charge in [0, 0.05) is 17.1 Å². The van der Waals surface area contributed by atoms with E-state index in [4.69, 9.17) is 0 Å². The van der Waals surface area contributed by atoms with Crippen molar-refractivity contribution in [2.75, 3.05) is 13.1 Å². The summed E-state index contributed by atoms with van der Waals surface area (Å²) in [4.78, 5) is 18.3. The third-order valence-corrected chi connectivity index (χ3v) is 6.78. The van der Waals surface area contributed by atoms with E-state index < -0.39 is 0 Å². The number of pyridine rings is 1. The Hall–Kier alpha value is -1.61. The fourth-order valence-electron chi connectivity index (χ4n) is 5.25. The second-order valence-electron chi connectivity index (χ2n) is 8.41. The van der Waals surface area contributed by atoms with Crippen molar-refractivity contribution < 1.29 is 0 Å². The standard InChI is InChI=1S/C23H32N2O/c1-2-5-17-8-10-20(11-9-17)25-14-12-18(13-15-25)21-16-19-6-3-4-7-22(19)24-23(21)26/h3-4,6-7,16-18,20H,2,5,8-15H2,1H3,(H,24,26). The highest BCUT2D eigenvalue weighted by Gasteiger charge is 2.29. The molecule has 3 heteroatoms. The van der Waals surface area contributed by atoms with Crippen molar-refractivity contribution in [3.63, 3.8) is 0 Å². The molecule has 2 aromatic rings. The monoisotopic (exact) mass is 352 g/mol. The van der Waals surface area contributed by atoms with Crippen LogP contribution in [-0.4, -0.2) is 29.0 Å². The SMILES string of the molecule is CCCC1CCC(N2CCC(c3cc4ccccc4[nH]c3=O)CC2)CC1. The van der Waals surface area contributed by atoms with Gasteiger partial charge in [0.05, 0.1) is 0 Å². The molecule has 0 unspecified atom stereocenters. The molecule has 1 aliphatic heterocycles. The van der Waals surface area contributed by atoms with Crippen LogP contribution in [0.5, 0.6) is 0 Å². The Bertz CT molecular complexity index is 780. The van der Waals surface area contributed by atoms with E-state index in [-0.39, 0.29) is 5.56 Å². The smallest absolute Gasteiger partial charge is 0.251 e. The van der Waals surface area contributed by atoms with Crippen LogP contribution in [-0.2, 0) is 0 Å². The zero-order chi connectivity index (χ0) is 17.9. The van der Waals surface area contributed by atoms with Crippen LogP contribution in [0.1, 0.15) is 69.8 Å². The van der Waals surface area contributed by atoms with Gasteiger partial charge in [-0.25, -0.2) is 0 Å². The molecule has 1 N–H and O–H groups in total. The van der Waals surface area contributed by atoms with Crippen LogP contribution >= 0.6 is 0 Å². The van der Waals surface area contributed by atoms with E-state index in [9.17, 15) is 4.79 Å². The maximum atomic E-state index is 12.5. The van der Waals surface area contributed by atoms with E-state index in [1.54, 1.807) is 0 Å². The molecule has 1 aliphatic carbocycles. The summed E-state index contributed by atoms with van der Waals surface area (Å²) < 4.78 is 0. The molecule has 4 rings (SSSR count). The molecule has 0 spiro atoms. The third-order valence-electron chi connectivity index (χ3n) is 6.78. The molecule has 1 saturated carbocycles. The van der Waals surface area contributed by atoms with Crippen molar-refractivity contribution in [2.45, 2.75) is 70.3 Å². The molecule has 140 valence electrons. The summed E-state index contributed by atoms with van der Waals surface area (Å²) in [6, 6.07) is 11.0. The summed E-state index contributed by atoms with van der Waals surface area (Å²) in [6.07, 6.45) is 10.6. The highest BCUT2D eigenvalue weighted by molar-refractivity contribution is 5.78. The van der Waals surface area contributed by atoms with Crippen molar-refractivity contribution >= 4 is 10.9 Å². The second kappa shape index (κ2) is 7.96. The molecule has 3 nitrogen and oxygen atoms in total. The van der Waals surface area contributed by atoms with Crippen LogP contribution in [0.4, 0.5) is 0 Å². The van der Waals surface area contributed by atoms with Crippen LogP contribution in [0.25, 0.3) is 10.9 Å². The first kappa shape index (κ1) is 17.8. The quantitative estimate of drug-likeness (QED) is 0.834. The number of aromatic nitrogens is 1. The lowest BCUT2D eigenvalue weighted by Gasteiger charge is -2.41. The van der Waals surface area contributed by atoms with E-state index in [0.717, 1.165) is 54.4 Å². The molecule has 0 radical (unpaired) electrons. The van der Waals surface area contributed by atoms with Gasteiger partial charge in [-0.3, -0.25) is 4.79 Å². The number of likely N-dealkylation sites (tertiary alicyclic amines) is 1. The Labute approximate surface area is 156 Å². The molecule has 26 heavy (non-hydrogen) atoms. The molecular weight excluding hydrogens is 320 g/mol. The number of hydrogen-bond donors (Lipinski definition) is 1. The maximum absolute atomic E-state index is 12.5. The Morgan fingerprint density at radius 1 is 1.04 bits per heavy atom. The zero-order valence-corrected chi connectivity index (χ0v) is 16.0. The Morgan fingerprint density at radius 3 is 2.50 bits per heavy atom. The average molecular weight is 353 g/mol. The fraction of sp³-hybridized carbons (Fsp3) is 0.609. The van der Waals surface area contributed by atoms with Gasteiger partial charge in [-0.05, 0) is 81.0 Å². The number of nitrogens with one attached hydrogen (secondary N) is 1. The van der Waals surface area contributed by atoms with Crippen molar-refractivity contribution in [3.8, 4) is 0 Å². The summed E-state index contributed by atoms with van der Waals surface area (Å²) in [7, 11) is 0. The highest BCUT2D eigenvalue weighted by atomic mass is 16.1. The van der Waals surface area contributed by atoms with Gasteiger partial charge in [-0.1, -0.05) is 38.0 Å². The van der Waals surface area contributed by atoms with Gasteiger partial charge >= 0.3 is 0 Å². The Kier molecular flexibility index (Phi) is 5.44. The predicted molar refractivity (Wildman–Crippen MR) is 109 cm³/mol. The predicted octanol–water partition coefficient (Wildman–Crippen LogP) is 5.07. The third kappa shape index (κ3) is 3.73. The summed E-state index contributed by atoms with van der Waals surface area (Å²) in [5, 5.41) is 1.15. The summed E-state index contributed by atoms with van der Waals surface area (Å²) in [6.45, 7) is 4.62.